The number of aromatic nitrogens is 2. The van der Waals surface area contributed by atoms with Gasteiger partial charge in [-0.05, 0) is 36.8 Å². The van der Waals surface area contributed by atoms with Gasteiger partial charge in [0.15, 0.2) is 0 Å². The van der Waals surface area contributed by atoms with Crippen molar-refractivity contribution >= 4 is 17.5 Å². The maximum Gasteiger partial charge on any atom is 0.258 e. The summed E-state index contributed by atoms with van der Waals surface area (Å²) in [6, 6.07) is 6.86. The number of aryl methyl sites for hydroxylation is 1. The Balaban J connectivity index is 2.14. The smallest absolute Gasteiger partial charge is 0.258 e. The van der Waals surface area contributed by atoms with Crippen LogP contribution in [-0.2, 0) is 0 Å². The van der Waals surface area contributed by atoms with Gasteiger partial charge >= 0.3 is 0 Å². The summed E-state index contributed by atoms with van der Waals surface area (Å²) < 4.78 is 0. The first kappa shape index (κ1) is 11.1. The van der Waals surface area contributed by atoms with E-state index in [0.717, 1.165) is 5.56 Å². The molecule has 2 aromatic rings. The van der Waals surface area contributed by atoms with Crippen molar-refractivity contribution < 1.29 is 4.79 Å². The largest absolute Gasteiger partial charge is 0.384 e. The molecule has 3 N–H and O–H groups in total. The lowest BCUT2D eigenvalue weighted by Crippen LogP contribution is -2.13. The third-order valence-corrected chi connectivity index (χ3v) is 2.21. The Morgan fingerprint density at radius 1 is 1.29 bits per heavy atom. The molecule has 86 valence electrons. The molecule has 2 aromatic heterocycles. The monoisotopic (exact) mass is 228 g/mol. The average Bonchev–Trinajstić information content (AvgIpc) is 2.29. The topological polar surface area (TPSA) is 80.9 Å². The number of nitrogens with zero attached hydrogens (tertiary/aromatic N) is 2. The van der Waals surface area contributed by atoms with E-state index in [1.165, 1.54) is 6.20 Å². The first-order valence-electron chi connectivity index (χ1n) is 5.11. The van der Waals surface area contributed by atoms with Gasteiger partial charge in [0.25, 0.3) is 5.91 Å². The van der Waals surface area contributed by atoms with Gasteiger partial charge in [0, 0.05) is 12.4 Å². The van der Waals surface area contributed by atoms with E-state index in [-0.39, 0.29) is 5.91 Å². The Labute approximate surface area is 98.7 Å². The SMILES string of the molecule is Cc1ccnc(NC(=O)c2ccc(N)nc2)c1. The standard InChI is InChI=1S/C12H12N4O/c1-8-4-5-14-11(6-8)16-12(17)9-2-3-10(13)15-7-9/h2-7H,1H3,(H2,13,15)(H,14,16,17). The first-order valence-corrected chi connectivity index (χ1v) is 5.11. The summed E-state index contributed by atoms with van der Waals surface area (Å²) in [6.45, 7) is 1.93. The number of pyridine rings is 2. The van der Waals surface area contributed by atoms with Crippen molar-refractivity contribution in [2.45, 2.75) is 6.92 Å². The number of carbonyl (C=O) groups is 1. The highest BCUT2D eigenvalue weighted by Crippen LogP contribution is 2.08. The second-order valence-electron chi connectivity index (χ2n) is 3.64. The lowest BCUT2D eigenvalue weighted by Gasteiger charge is -2.04. The van der Waals surface area contributed by atoms with Crippen LogP contribution in [0.5, 0.6) is 0 Å². The number of rotatable bonds is 2. The summed E-state index contributed by atoms with van der Waals surface area (Å²) in [6.07, 6.45) is 3.08. The molecule has 0 saturated carbocycles. The zero-order valence-electron chi connectivity index (χ0n) is 9.34. The number of nitrogen functional groups attached to an aromatic ring is 1. The number of anilines is 2. The number of hydrogen-bond donors (Lipinski definition) is 2. The van der Waals surface area contributed by atoms with Gasteiger partial charge in [-0.25, -0.2) is 9.97 Å². The number of amides is 1. The molecule has 0 radical (unpaired) electrons. The molecule has 0 saturated heterocycles. The third kappa shape index (κ3) is 2.78. The molecule has 1 amide bonds. The van der Waals surface area contributed by atoms with E-state index in [2.05, 4.69) is 15.3 Å². The molecule has 0 unspecified atom stereocenters. The Bertz CT molecular complexity index is 536. The van der Waals surface area contributed by atoms with Crippen molar-refractivity contribution in [1.29, 1.82) is 0 Å². The molecule has 0 aliphatic rings. The average molecular weight is 228 g/mol. The summed E-state index contributed by atoms with van der Waals surface area (Å²) in [7, 11) is 0. The van der Waals surface area contributed by atoms with Gasteiger partial charge in [0.1, 0.15) is 11.6 Å². The van der Waals surface area contributed by atoms with Crippen LogP contribution in [-0.4, -0.2) is 15.9 Å². The number of carbonyl (C=O) groups excluding carboxylic acids is 1. The van der Waals surface area contributed by atoms with Gasteiger partial charge in [-0.2, -0.15) is 0 Å². The zero-order valence-corrected chi connectivity index (χ0v) is 9.34. The number of hydrogen-bond acceptors (Lipinski definition) is 4. The van der Waals surface area contributed by atoms with Crippen LogP contribution >= 0.6 is 0 Å². The van der Waals surface area contributed by atoms with Crippen LogP contribution in [0.4, 0.5) is 11.6 Å². The zero-order chi connectivity index (χ0) is 12.3. The van der Waals surface area contributed by atoms with Crippen molar-refractivity contribution in [2.75, 3.05) is 11.1 Å². The summed E-state index contributed by atoms with van der Waals surface area (Å²) in [5.41, 5.74) is 6.92. The quantitative estimate of drug-likeness (QED) is 0.818. The van der Waals surface area contributed by atoms with Crippen LogP contribution in [0.3, 0.4) is 0 Å². The second-order valence-corrected chi connectivity index (χ2v) is 3.64. The molecule has 5 nitrogen and oxygen atoms in total. The highest BCUT2D eigenvalue weighted by molar-refractivity contribution is 6.03. The third-order valence-electron chi connectivity index (χ3n) is 2.21. The predicted octanol–water partition coefficient (Wildman–Crippen LogP) is 1.62. The predicted molar refractivity (Wildman–Crippen MR) is 65.6 cm³/mol. The van der Waals surface area contributed by atoms with E-state index in [1.807, 2.05) is 13.0 Å². The van der Waals surface area contributed by atoms with E-state index in [4.69, 9.17) is 5.73 Å². The van der Waals surface area contributed by atoms with E-state index in [0.29, 0.717) is 17.2 Å². The van der Waals surface area contributed by atoms with Crippen LogP contribution in [0.15, 0.2) is 36.7 Å². The van der Waals surface area contributed by atoms with Crippen LogP contribution in [0.2, 0.25) is 0 Å². The van der Waals surface area contributed by atoms with E-state index in [9.17, 15) is 4.79 Å². The molecule has 5 heteroatoms. The molecule has 0 aliphatic heterocycles. The molecule has 2 heterocycles. The van der Waals surface area contributed by atoms with Crippen LogP contribution in [0.1, 0.15) is 15.9 Å². The molecule has 0 spiro atoms. The maximum atomic E-state index is 11.8. The first-order chi connectivity index (χ1) is 8.15. The molecule has 2 rings (SSSR count). The highest BCUT2D eigenvalue weighted by Gasteiger charge is 2.06. The van der Waals surface area contributed by atoms with Gasteiger partial charge in [-0.3, -0.25) is 4.79 Å². The van der Waals surface area contributed by atoms with Crippen LogP contribution in [0.25, 0.3) is 0 Å². The Hall–Kier alpha value is -2.43. The lowest BCUT2D eigenvalue weighted by atomic mass is 10.2. The number of nitrogens with two attached hydrogens (primary N) is 1. The van der Waals surface area contributed by atoms with Gasteiger partial charge in [0.05, 0.1) is 5.56 Å². The fourth-order valence-corrected chi connectivity index (χ4v) is 1.33. The minimum absolute atomic E-state index is 0.254. The van der Waals surface area contributed by atoms with Crippen molar-refractivity contribution in [2.24, 2.45) is 0 Å². The normalized spacial score (nSPS) is 9.94. The van der Waals surface area contributed by atoms with Crippen molar-refractivity contribution in [1.82, 2.24) is 9.97 Å². The molecular weight excluding hydrogens is 216 g/mol. The fourth-order valence-electron chi connectivity index (χ4n) is 1.33. The maximum absolute atomic E-state index is 11.8. The highest BCUT2D eigenvalue weighted by atomic mass is 16.1. The van der Waals surface area contributed by atoms with Gasteiger partial charge < -0.3 is 11.1 Å². The van der Waals surface area contributed by atoms with Gasteiger partial charge in [-0.15, -0.1) is 0 Å². The van der Waals surface area contributed by atoms with Gasteiger partial charge in [-0.1, -0.05) is 0 Å². The van der Waals surface area contributed by atoms with E-state index >= 15 is 0 Å². The lowest BCUT2D eigenvalue weighted by molar-refractivity contribution is 0.102. The molecule has 0 fully saturated rings. The molecular formula is C12H12N4O. The molecule has 0 bridgehead atoms. The summed E-state index contributed by atoms with van der Waals surface area (Å²) >= 11 is 0. The Morgan fingerprint density at radius 2 is 2.12 bits per heavy atom. The molecule has 0 aromatic carbocycles. The van der Waals surface area contributed by atoms with E-state index < -0.39 is 0 Å². The summed E-state index contributed by atoms with van der Waals surface area (Å²) in [5, 5.41) is 2.69. The molecule has 0 aliphatic carbocycles. The molecule has 0 atom stereocenters. The van der Waals surface area contributed by atoms with Crippen LogP contribution in [0, 0.1) is 6.92 Å². The van der Waals surface area contributed by atoms with Crippen molar-refractivity contribution in [3.8, 4) is 0 Å². The van der Waals surface area contributed by atoms with Crippen LogP contribution < -0.4 is 11.1 Å². The summed E-state index contributed by atoms with van der Waals surface area (Å²) in [5.74, 6) is 0.651. The minimum Gasteiger partial charge on any atom is -0.384 e. The van der Waals surface area contributed by atoms with Crippen molar-refractivity contribution in [3.63, 3.8) is 0 Å². The van der Waals surface area contributed by atoms with E-state index in [1.54, 1.807) is 24.4 Å². The Kier molecular flexibility index (Phi) is 3.00. The minimum atomic E-state index is -0.254. The second kappa shape index (κ2) is 4.61. The van der Waals surface area contributed by atoms with Crippen molar-refractivity contribution in [3.05, 3.63) is 47.8 Å². The van der Waals surface area contributed by atoms with Gasteiger partial charge in [0.2, 0.25) is 0 Å². The Morgan fingerprint density at radius 3 is 2.76 bits per heavy atom. The fraction of sp³-hybridized carbons (Fsp3) is 0.0833. The molecule has 17 heavy (non-hydrogen) atoms. The number of nitrogens with one attached hydrogen (secondary N) is 1. The summed E-state index contributed by atoms with van der Waals surface area (Å²) in [4.78, 5) is 19.7.